The van der Waals surface area contributed by atoms with E-state index < -0.39 is 0 Å². The number of nitrogens with zero attached hydrogens (tertiary/aromatic N) is 3. The van der Waals surface area contributed by atoms with Crippen LogP contribution in [0.2, 0.25) is 0 Å². The fourth-order valence-electron chi connectivity index (χ4n) is 3.68. The van der Waals surface area contributed by atoms with Gasteiger partial charge in [-0.25, -0.2) is 0 Å². The molecule has 3 rings (SSSR count). The monoisotopic (exact) mass is 396 g/mol. The quantitative estimate of drug-likeness (QED) is 0.601. The number of benzene rings is 2. The van der Waals surface area contributed by atoms with Crippen LogP contribution in [-0.4, -0.2) is 59.3 Å². The van der Waals surface area contributed by atoms with Crippen molar-refractivity contribution in [1.82, 2.24) is 10.2 Å². The molecule has 0 saturated carbocycles. The number of anilines is 1. The molecule has 156 valence electrons. The van der Waals surface area contributed by atoms with Crippen molar-refractivity contribution in [2.75, 3.05) is 53.4 Å². The highest BCUT2D eigenvalue weighted by atomic mass is 16.5. The molecule has 1 aliphatic rings. The molecule has 0 aromatic heterocycles. The minimum atomic E-state index is 0.775. The molecule has 0 saturated heterocycles. The van der Waals surface area contributed by atoms with Gasteiger partial charge in [-0.1, -0.05) is 12.1 Å². The highest BCUT2D eigenvalue weighted by molar-refractivity contribution is 5.80. The molecular weight excluding hydrogens is 364 g/mol. The number of ether oxygens (including phenoxy) is 2. The minimum absolute atomic E-state index is 0.775. The maximum Gasteiger partial charge on any atom is 0.193 e. The number of hydrogen-bond donors (Lipinski definition) is 1. The van der Waals surface area contributed by atoms with Gasteiger partial charge >= 0.3 is 0 Å². The van der Waals surface area contributed by atoms with E-state index in [0.717, 1.165) is 49.9 Å². The van der Waals surface area contributed by atoms with Crippen molar-refractivity contribution in [2.45, 2.75) is 19.4 Å². The molecule has 2 aromatic carbocycles. The van der Waals surface area contributed by atoms with Crippen LogP contribution >= 0.6 is 0 Å². The second-order valence-electron chi connectivity index (χ2n) is 7.43. The largest absolute Gasteiger partial charge is 0.493 e. The van der Waals surface area contributed by atoms with Gasteiger partial charge in [0.1, 0.15) is 0 Å². The summed E-state index contributed by atoms with van der Waals surface area (Å²) in [4.78, 5) is 8.91. The molecule has 6 nitrogen and oxygen atoms in total. The van der Waals surface area contributed by atoms with Crippen molar-refractivity contribution in [3.63, 3.8) is 0 Å². The first-order valence-corrected chi connectivity index (χ1v) is 10.0. The molecule has 1 N–H and O–H groups in total. The Labute approximate surface area is 174 Å². The molecule has 0 bridgehead atoms. The number of aliphatic imine (C=N–C) groups is 1. The molecule has 0 amide bonds. The van der Waals surface area contributed by atoms with E-state index in [1.54, 1.807) is 14.2 Å². The summed E-state index contributed by atoms with van der Waals surface area (Å²) in [5.74, 6) is 2.51. The van der Waals surface area contributed by atoms with E-state index >= 15 is 0 Å². The normalized spacial score (nSPS) is 13.7. The number of nitrogens with one attached hydrogen (secondary N) is 1. The van der Waals surface area contributed by atoms with Gasteiger partial charge in [-0.15, -0.1) is 0 Å². The zero-order valence-corrected chi connectivity index (χ0v) is 18.2. The average molecular weight is 397 g/mol. The fraction of sp³-hybridized carbons (Fsp3) is 0.435. The van der Waals surface area contributed by atoms with E-state index in [1.807, 2.05) is 7.05 Å². The molecule has 0 aliphatic carbocycles. The van der Waals surface area contributed by atoms with E-state index in [4.69, 9.17) is 9.47 Å². The summed E-state index contributed by atoms with van der Waals surface area (Å²) >= 11 is 0. The van der Waals surface area contributed by atoms with Gasteiger partial charge in [0.2, 0.25) is 0 Å². The summed E-state index contributed by atoms with van der Waals surface area (Å²) in [5, 5.41) is 3.52. The van der Waals surface area contributed by atoms with Crippen molar-refractivity contribution < 1.29 is 9.47 Å². The van der Waals surface area contributed by atoms with Crippen LogP contribution < -0.4 is 19.7 Å². The van der Waals surface area contributed by atoms with Crippen LogP contribution in [0.3, 0.4) is 0 Å². The van der Waals surface area contributed by atoms with Crippen LogP contribution in [0.4, 0.5) is 5.69 Å². The van der Waals surface area contributed by atoms with Crippen LogP contribution in [0.15, 0.2) is 41.4 Å². The van der Waals surface area contributed by atoms with Crippen molar-refractivity contribution in [3.8, 4) is 11.5 Å². The lowest BCUT2D eigenvalue weighted by Gasteiger charge is -2.32. The Kier molecular flexibility index (Phi) is 6.86. The van der Waals surface area contributed by atoms with Crippen LogP contribution in [0.5, 0.6) is 11.5 Å². The van der Waals surface area contributed by atoms with E-state index in [2.05, 4.69) is 70.6 Å². The summed E-state index contributed by atoms with van der Waals surface area (Å²) in [7, 11) is 9.32. The van der Waals surface area contributed by atoms with E-state index in [0.29, 0.717) is 0 Å². The third kappa shape index (κ3) is 4.94. The fourth-order valence-corrected chi connectivity index (χ4v) is 3.68. The zero-order chi connectivity index (χ0) is 20.8. The maximum absolute atomic E-state index is 5.47. The summed E-state index contributed by atoms with van der Waals surface area (Å²) in [6.45, 7) is 2.59. The molecule has 29 heavy (non-hydrogen) atoms. The molecule has 1 heterocycles. The Hall–Kier alpha value is -2.89. The highest BCUT2D eigenvalue weighted by Gasteiger charge is 2.21. The lowest BCUT2D eigenvalue weighted by Crippen LogP contribution is -2.44. The number of guanidine groups is 1. The molecule has 0 unspecified atom stereocenters. The van der Waals surface area contributed by atoms with Gasteiger partial charge < -0.3 is 24.6 Å². The zero-order valence-electron chi connectivity index (χ0n) is 18.2. The Balaban J connectivity index is 1.60. The molecule has 0 atom stereocenters. The van der Waals surface area contributed by atoms with Gasteiger partial charge in [-0.05, 0) is 53.8 Å². The first kappa shape index (κ1) is 20.8. The first-order chi connectivity index (χ1) is 14.0. The van der Waals surface area contributed by atoms with Crippen LogP contribution in [0.25, 0.3) is 0 Å². The number of rotatable bonds is 6. The van der Waals surface area contributed by atoms with Crippen LogP contribution in [-0.2, 0) is 19.4 Å². The lowest BCUT2D eigenvalue weighted by atomic mass is 9.99. The molecule has 0 spiro atoms. The maximum atomic E-state index is 5.47. The molecule has 2 aromatic rings. The molecular formula is C23H32N4O2. The summed E-state index contributed by atoms with van der Waals surface area (Å²) in [6, 6.07) is 12.9. The van der Waals surface area contributed by atoms with E-state index in [-0.39, 0.29) is 0 Å². The Morgan fingerprint density at radius 1 is 1.07 bits per heavy atom. The minimum Gasteiger partial charge on any atom is -0.493 e. The Morgan fingerprint density at radius 3 is 2.31 bits per heavy atom. The number of hydrogen-bond acceptors (Lipinski definition) is 4. The smallest absolute Gasteiger partial charge is 0.193 e. The Morgan fingerprint density at radius 2 is 1.72 bits per heavy atom. The summed E-state index contributed by atoms with van der Waals surface area (Å²) in [6.07, 6.45) is 1.92. The van der Waals surface area contributed by atoms with Gasteiger partial charge in [0, 0.05) is 46.5 Å². The van der Waals surface area contributed by atoms with Gasteiger partial charge in [-0.2, -0.15) is 0 Å². The third-order valence-electron chi connectivity index (χ3n) is 5.38. The second kappa shape index (κ2) is 9.54. The van der Waals surface area contributed by atoms with Gasteiger partial charge in [-0.3, -0.25) is 4.99 Å². The van der Waals surface area contributed by atoms with Crippen LogP contribution in [0, 0.1) is 0 Å². The molecule has 1 aliphatic heterocycles. The summed E-state index contributed by atoms with van der Waals surface area (Å²) in [5.41, 5.74) is 5.11. The van der Waals surface area contributed by atoms with Crippen molar-refractivity contribution in [3.05, 3.63) is 53.1 Å². The lowest BCUT2D eigenvalue weighted by molar-refractivity contribution is 0.346. The molecule has 0 fully saturated rings. The van der Waals surface area contributed by atoms with Crippen LogP contribution in [0.1, 0.15) is 16.7 Å². The first-order valence-electron chi connectivity index (χ1n) is 10.0. The van der Waals surface area contributed by atoms with Crippen molar-refractivity contribution >= 4 is 11.6 Å². The average Bonchev–Trinajstić information content (AvgIpc) is 2.75. The van der Waals surface area contributed by atoms with Crippen molar-refractivity contribution in [2.24, 2.45) is 4.99 Å². The topological polar surface area (TPSA) is 49.3 Å². The Bertz CT molecular complexity index is 847. The predicted molar refractivity (Wildman–Crippen MR) is 119 cm³/mol. The number of fused-ring (bicyclic) bond motifs is 1. The number of methoxy groups -OCH3 is 2. The highest BCUT2D eigenvalue weighted by Crippen LogP contribution is 2.33. The van der Waals surface area contributed by atoms with Crippen molar-refractivity contribution in [1.29, 1.82) is 0 Å². The van der Waals surface area contributed by atoms with Gasteiger partial charge in [0.25, 0.3) is 0 Å². The van der Waals surface area contributed by atoms with E-state index in [1.165, 1.54) is 22.4 Å². The third-order valence-corrected chi connectivity index (χ3v) is 5.38. The standard InChI is InChI=1S/C23H32N4O2/c1-24-23(25-12-10-17-6-8-20(9-7-17)26(2)3)27-13-11-18-14-21(28-4)22(29-5)15-19(18)16-27/h6-9,14-15H,10-13,16H2,1-5H3,(H,24,25). The summed E-state index contributed by atoms with van der Waals surface area (Å²) < 4.78 is 10.9. The predicted octanol–water partition coefficient (Wildman–Crippen LogP) is 2.95. The van der Waals surface area contributed by atoms with E-state index in [9.17, 15) is 0 Å². The molecule has 0 radical (unpaired) electrons. The SMILES string of the molecule is CN=C(NCCc1ccc(N(C)C)cc1)N1CCc2cc(OC)c(OC)cc2C1. The van der Waals surface area contributed by atoms with Gasteiger partial charge in [0.05, 0.1) is 14.2 Å². The molecule has 6 heteroatoms. The van der Waals surface area contributed by atoms with Gasteiger partial charge in [0.15, 0.2) is 17.5 Å². The second-order valence-corrected chi connectivity index (χ2v) is 7.43.